The van der Waals surface area contributed by atoms with Crippen molar-refractivity contribution in [2.75, 3.05) is 13.2 Å². The number of imide groups is 1. The lowest BCUT2D eigenvalue weighted by atomic mass is 10.0. The minimum absolute atomic E-state index is 0.133. The molecule has 3 amide bonds. The summed E-state index contributed by atoms with van der Waals surface area (Å²) in [6.45, 7) is 6.72. The molecule has 4 rings (SSSR count). The summed E-state index contributed by atoms with van der Waals surface area (Å²) < 4.78 is 5.68. The number of benzene rings is 1. The van der Waals surface area contributed by atoms with Gasteiger partial charge in [-0.15, -0.1) is 0 Å². The second-order valence-corrected chi connectivity index (χ2v) is 8.52. The van der Waals surface area contributed by atoms with Crippen LogP contribution in [0.15, 0.2) is 18.2 Å². The summed E-state index contributed by atoms with van der Waals surface area (Å²) in [4.78, 5) is 37.9. The van der Waals surface area contributed by atoms with Crippen LogP contribution < -0.4 is 16.0 Å². The SMILES string of the molecule is CC1(C)N[C@@H](CCNCc2ccc3c(c2)C(=O)N(C2CCC(=O)NC2=O)C3)CO1. The van der Waals surface area contributed by atoms with Crippen LogP contribution in [0, 0.1) is 0 Å². The zero-order valence-electron chi connectivity index (χ0n) is 16.9. The van der Waals surface area contributed by atoms with E-state index >= 15 is 0 Å². The van der Waals surface area contributed by atoms with Crippen molar-refractivity contribution in [3.63, 3.8) is 0 Å². The predicted molar refractivity (Wildman–Crippen MR) is 106 cm³/mol. The number of nitrogens with zero attached hydrogens (tertiary/aromatic N) is 1. The summed E-state index contributed by atoms with van der Waals surface area (Å²) in [6.07, 6.45) is 1.62. The van der Waals surface area contributed by atoms with Crippen molar-refractivity contribution >= 4 is 17.7 Å². The largest absolute Gasteiger partial charge is 0.360 e. The molecule has 1 aromatic carbocycles. The molecule has 2 saturated heterocycles. The van der Waals surface area contributed by atoms with E-state index in [0.717, 1.165) is 30.7 Å². The number of hydrogen-bond acceptors (Lipinski definition) is 6. The fourth-order valence-corrected chi connectivity index (χ4v) is 4.26. The first-order valence-electron chi connectivity index (χ1n) is 10.2. The molecule has 0 saturated carbocycles. The van der Waals surface area contributed by atoms with Crippen LogP contribution in [0.4, 0.5) is 0 Å². The van der Waals surface area contributed by atoms with Gasteiger partial charge in [-0.1, -0.05) is 12.1 Å². The number of nitrogens with one attached hydrogen (secondary N) is 3. The van der Waals surface area contributed by atoms with E-state index in [-0.39, 0.29) is 29.9 Å². The summed E-state index contributed by atoms with van der Waals surface area (Å²) in [5.74, 6) is -0.783. The highest BCUT2D eigenvalue weighted by atomic mass is 16.5. The minimum atomic E-state index is -0.570. The molecule has 3 heterocycles. The van der Waals surface area contributed by atoms with Crippen molar-refractivity contribution in [3.8, 4) is 0 Å². The van der Waals surface area contributed by atoms with Crippen molar-refractivity contribution < 1.29 is 19.1 Å². The molecule has 156 valence electrons. The van der Waals surface area contributed by atoms with Gasteiger partial charge in [-0.3, -0.25) is 25.0 Å². The van der Waals surface area contributed by atoms with Crippen LogP contribution in [-0.4, -0.2) is 53.6 Å². The van der Waals surface area contributed by atoms with Gasteiger partial charge >= 0.3 is 0 Å². The Kier molecular flexibility index (Phi) is 5.42. The monoisotopic (exact) mass is 400 g/mol. The van der Waals surface area contributed by atoms with Crippen LogP contribution in [0.25, 0.3) is 0 Å². The van der Waals surface area contributed by atoms with Gasteiger partial charge in [0.15, 0.2) is 0 Å². The van der Waals surface area contributed by atoms with Gasteiger partial charge in [0.2, 0.25) is 11.8 Å². The number of ether oxygens (including phenoxy) is 1. The van der Waals surface area contributed by atoms with Gasteiger partial charge in [0.05, 0.1) is 6.61 Å². The zero-order valence-corrected chi connectivity index (χ0v) is 16.9. The van der Waals surface area contributed by atoms with E-state index < -0.39 is 6.04 Å². The molecule has 0 aliphatic carbocycles. The van der Waals surface area contributed by atoms with Gasteiger partial charge in [-0.05, 0) is 50.4 Å². The number of fused-ring (bicyclic) bond motifs is 1. The lowest BCUT2D eigenvalue weighted by Crippen LogP contribution is -2.52. The molecule has 3 aliphatic rings. The summed E-state index contributed by atoms with van der Waals surface area (Å²) >= 11 is 0. The Balaban J connectivity index is 1.31. The zero-order chi connectivity index (χ0) is 20.6. The van der Waals surface area contributed by atoms with Gasteiger partial charge in [0.25, 0.3) is 5.91 Å². The van der Waals surface area contributed by atoms with Crippen LogP contribution in [0.3, 0.4) is 0 Å². The first-order chi connectivity index (χ1) is 13.8. The maximum Gasteiger partial charge on any atom is 0.255 e. The fourth-order valence-electron chi connectivity index (χ4n) is 4.26. The van der Waals surface area contributed by atoms with Crippen molar-refractivity contribution in [1.29, 1.82) is 0 Å². The molecule has 8 nitrogen and oxygen atoms in total. The third-order valence-corrected chi connectivity index (χ3v) is 5.79. The average Bonchev–Trinajstić information content (AvgIpc) is 3.18. The van der Waals surface area contributed by atoms with E-state index in [2.05, 4.69) is 16.0 Å². The van der Waals surface area contributed by atoms with Gasteiger partial charge < -0.3 is 15.0 Å². The van der Waals surface area contributed by atoms with Crippen molar-refractivity contribution in [3.05, 3.63) is 34.9 Å². The van der Waals surface area contributed by atoms with E-state index in [4.69, 9.17) is 4.74 Å². The molecule has 2 fully saturated rings. The van der Waals surface area contributed by atoms with Crippen LogP contribution >= 0.6 is 0 Å². The highest BCUT2D eigenvalue weighted by Crippen LogP contribution is 2.28. The minimum Gasteiger partial charge on any atom is -0.360 e. The second-order valence-electron chi connectivity index (χ2n) is 8.52. The molecule has 3 aliphatic heterocycles. The van der Waals surface area contributed by atoms with E-state index in [1.807, 2.05) is 32.0 Å². The van der Waals surface area contributed by atoms with Gasteiger partial charge in [-0.2, -0.15) is 0 Å². The smallest absolute Gasteiger partial charge is 0.255 e. The lowest BCUT2D eigenvalue weighted by molar-refractivity contribution is -0.136. The summed E-state index contributed by atoms with van der Waals surface area (Å²) in [7, 11) is 0. The number of amides is 3. The van der Waals surface area contributed by atoms with Gasteiger partial charge in [0.1, 0.15) is 11.8 Å². The third kappa shape index (κ3) is 4.34. The number of hydrogen-bond donors (Lipinski definition) is 3. The summed E-state index contributed by atoms with van der Waals surface area (Å²) in [5, 5.41) is 9.20. The highest BCUT2D eigenvalue weighted by molar-refractivity contribution is 6.05. The van der Waals surface area contributed by atoms with E-state index in [1.165, 1.54) is 0 Å². The fraction of sp³-hybridized carbons (Fsp3) is 0.571. The molecule has 0 aromatic heterocycles. The van der Waals surface area contributed by atoms with E-state index in [1.54, 1.807) is 4.90 Å². The molecular weight excluding hydrogens is 372 g/mol. The van der Waals surface area contributed by atoms with Crippen molar-refractivity contribution in [2.45, 2.75) is 64.0 Å². The summed E-state index contributed by atoms with van der Waals surface area (Å²) in [6, 6.07) is 5.68. The summed E-state index contributed by atoms with van der Waals surface area (Å²) in [5.41, 5.74) is 2.37. The Hall–Kier alpha value is -2.29. The topological polar surface area (TPSA) is 99.8 Å². The normalized spacial score (nSPS) is 26.0. The van der Waals surface area contributed by atoms with Crippen LogP contribution in [0.2, 0.25) is 0 Å². The predicted octanol–water partition coefficient (Wildman–Crippen LogP) is 0.652. The third-order valence-electron chi connectivity index (χ3n) is 5.79. The molecule has 1 unspecified atom stereocenters. The molecule has 1 aromatic rings. The number of carbonyl (C=O) groups excluding carboxylic acids is 3. The van der Waals surface area contributed by atoms with Crippen LogP contribution in [0.1, 0.15) is 54.6 Å². The van der Waals surface area contributed by atoms with E-state index in [0.29, 0.717) is 31.1 Å². The maximum atomic E-state index is 12.9. The van der Waals surface area contributed by atoms with Crippen LogP contribution in [-0.2, 0) is 27.4 Å². The molecule has 8 heteroatoms. The molecule has 2 atom stereocenters. The van der Waals surface area contributed by atoms with Crippen LogP contribution in [0.5, 0.6) is 0 Å². The Morgan fingerprint density at radius 1 is 1.28 bits per heavy atom. The first kappa shape index (κ1) is 20.0. The highest BCUT2D eigenvalue weighted by Gasteiger charge is 2.39. The first-order valence-corrected chi connectivity index (χ1v) is 10.2. The standard InChI is InChI=1S/C21H28N4O4/c1-21(2)24-15(12-29-21)7-8-22-10-13-3-4-14-11-25(20(28)16(14)9-13)17-5-6-18(26)23-19(17)27/h3-4,9,15,17,22,24H,5-8,10-12H2,1-2H3,(H,23,26,27)/t15-,17?/m0/s1. The average molecular weight is 400 g/mol. The number of rotatable bonds is 6. The lowest BCUT2D eigenvalue weighted by Gasteiger charge is -2.29. The Morgan fingerprint density at radius 3 is 2.83 bits per heavy atom. The van der Waals surface area contributed by atoms with Gasteiger partial charge in [-0.25, -0.2) is 0 Å². The van der Waals surface area contributed by atoms with Crippen molar-refractivity contribution in [2.24, 2.45) is 0 Å². The second kappa shape index (κ2) is 7.85. The number of piperidine rings is 1. The van der Waals surface area contributed by atoms with Gasteiger partial charge in [0, 0.05) is 31.1 Å². The van der Waals surface area contributed by atoms with E-state index in [9.17, 15) is 14.4 Å². The maximum absolute atomic E-state index is 12.9. The van der Waals surface area contributed by atoms with Crippen molar-refractivity contribution in [1.82, 2.24) is 20.9 Å². The Bertz CT molecular complexity index is 838. The molecule has 0 radical (unpaired) electrons. The molecular formula is C21H28N4O4. The molecule has 0 bridgehead atoms. The quantitative estimate of drug-likeness (QED) is 0.479. The molecule has 0 spiro atoms. The molecule has 29 heavy (non-hydrogen) atoms. The Morgan fingerprint density at radius 2 is 2.10 bits per heavy atom. The molecule has 3 N–H and O–H groups in total. The number of carbonyl (C=O) groups is 3. The Labute approximate surface area is 170 Å².